The maximum atomic E-state index is 11.7. The van der Waals surface area contributed by atoms with Crippen molar-refractivity contribution in [2.24, 2.45) is 11.7 Å². The predicted octanol–water partition coefficient (Wildman–Crippen LogP) is 1.30. The molecule has 19 heavy (non-hydrogen) atoms. The Morgan fingerprint density at radius 3 is 2.89 bits per heavy atom. The normalized spacial score (nSPS) is 24.5. The van der Waals surface area contributed by atoms with Gasteiger partial charge in [-0.15, -0.1) is 0 Å². The minimum Gasteiger partial charge on any atom is -0.329 e. The highest BCUT2D eigenvalue weighted by molar-refractivity contribution is 4.93. The second-order valence-corrected chi connectivity index (χ2v) is 5.38. The molecule has 1 aromatic heterocycles. The Morgan fingerprint density at radius 2 is 2.21 bits per heavy atom. The van der Waals surface area contributed by atoms with Gasteiger partial charge in [-0.25, -0.2) is 0 Å². The van der Waals surface area contributed by atoms with Crippen LogP contribution < -0.4 is 11.3 Å². The van der Waals surface area contributed by atoms with Gasteiger partial charge >= 0.3 is 0 Å². The lowest BCUT2D eigenvalue weighted by molar-refractivity contribution is 0.0914. The molecule has 0 radical (unpaired) electrons. The first-order valence-electron chi connectivity index (χ1n) is 7.35. The van der Waals surface area contributed by atoms with Crippen LogP contribution in [0.4, 0.5) is 0 Å². The molecule has 2 rings (SSSR count). The largest absolute Gasteiger partial charge is 0.329 e. The molecule has 2 atom stereocenters. The molecule has 2 heterocycles. The number of nitrogens with two attached hydrogens (primary N) is 1. The van der Waals surface area contributed by atoms with Crippen LogP contribution in [0.15, 0.2) is 29.2 Å². The summed E-state index contributed by atoms with van der Waals surface area (Å²) in [6.45, 7) is 5.76. The van der Waals surface area contributed by atoms with Crippen LogP contribution in [0.25, 0.3) is 0 Å². The highest BCUT2D eigenvalue weighted by Gasteiger charge is 2.28. The third kappa shape index (κ3) is 3.45. The Kier molecular flexibility index (Phi) is 5.16. The molecule has 0 amide bonds. The zero-order chi connectivity index (χ0) is 13.7. The molecule has 1 saturated heterocycles. The Bertz CT molecular complexity index is 443. The maximum absolute atomic E-state index is 11.7. The van der Waals surface area contributed by atoms with Crippen LogP contribution in [-0.4, -0.2) is 35.1 Å². The van der Waals surface area contributed by atoms with Crippen LogP contribution in [0.2, 0.25) is 0 Å². The van der Waals surface area contributed by atoms with Crippen LogP contribution in [-0.2, 0) is 6.54 Å². The topological polar surface area (TPSA) is 51.3 Å². The van der Waals surface area contributed by atoms with Crippen molar-refractivity contribution in [3.8, 4) is 0 Å². The van der Waals surface area contributed by atoms with Crippen LogP contribution in [0.5, 0.6) is 0 Å². The first-order valence-corrected chi connectivity index (χ1v) is 7.35. The van der Waals surface area contributed by atoms with E-state index in [1.54, 1.807) is 16.7 Å². The lowest BCUT2D eigenvalue weighted by Crippen LogP contribution is -2.50. The number of nitrogens with zero attached hydrogens (tertiary/aromatic N) is 2. The van der Waals surface area contributed by atoms with E-state index in [2.05, 4.69) is 11.8 Å². The highest BCUT2D eigenvalue weighted by atomic mass is 16.1. The molecule has 1 aliphatic heterocycles. The van der Waals surface area contributed by atoms with Gasteiger partial charge in [-0.1, -0.05) is 19.4 Å². The quantitative estimate of drug-likeness (QED) is 0.871. The molecule has 0 saturated carbocycles. The van der Waals surface area contributed by atoms with Crippen molar-refractivity contribution in [1.29, 1.82) is 0 Å². The van der Waals surface area contributed by atoms with E-state index in [1.807, 2.05) is 12.3 Å². The molecule has 1 aliphatic rings. The van der Waals surface area contributed by atoms with Crippen LogP contribution in [0.3, 0.4) is 0 Å². The summed E-state index contributed by atoms with van der Waals surface area (Å²) in [5.74, 6) is 0.714. The Hall–Kier alpha value is -1.13. The lowest BCUT2D eigenvalue weighted by Gasteiger charge is -2.40. The molecule has 0 bridgehead atoms. The van der Waals surface area contributed by atoms with E-state index in [9.17, 15) is 4.79 Å². The summed E-state index contributed by atoms with van der Waals surface area (Å²) in [6, 6.07) is 5.80. The van der Waals surface area contributed by atoms with E-state index < -0.39 is 0 Å². The van der Waals surface area contributed by atoms with Crippen molar-refractivity contribution in [2.45, 2.75) is 38.8 Å². The van der Waals surface area contributed by atoms with Gasteiger partial charge in [0.15, 0.2) is 0 Å². The van der Waals surface area contributed by atoms with Crippen LogP contribution in [0.1, 0.15) is 26.2 Å². The Morgan fingerprint density at radius 1 is 1.37 bits per heavy atom. The molecule has 0 spiro atoms. The second kappa shape index (κ2) is 6.87. The fourth-order valence-corrected chi connectivity index (χ4v) is 3.19. The van der Waals surface area contributed by atoms with Crippen molar-refractivity contribution in [3.05, 3.63) is 34.7 Å². The van der Waals surface area contributed by atoms with Crippen LogP contribution >= 0.6 is 0 Å². The SMILES string of the molecule is CCC1CCCN(CCn2ccccc2=O)C1CN. The minimum absolute atomic E-state index is 0.0795. The summed E-state index contributed by atoms with van der Waals surface area (Å²) in [5.41, 5.74) is 6.03. The van der Waals surface area contributed by atoms with Gasteiger partial charge in [0.25, 0.3) is 5.56 Å². The zero-order valence-electron chi connectivity index (χ0n) is 11.8. The van der Waals surface area contributed by atoms with Crippen molar-refractivity contribution >= 4 is 0 Å². The number of likely N-dealkylation sites (tertiary alicyclic amines) is 1. The fraction of sp³-hybridized carbons (Fsp3) is 0.667. The van der Waals surface area contributed by atoms with E-state index in [-0.39, 0.29) is 5.56 Å². The third-order valence-corrected chi connectivity index (χ3v) is 4.33. The van der Waals surface area contributed by atoms with Gasteiger partial charge < -0.3 is 10.3 Å². The van der Waals surface area contributed by atoms with Gasteiger partial charge in [-0.3, -0.25) is 9.69 Å². The van der Waals surface area contributed by atoms with E-state index in [0.717, 1.165) is 26.2 Å². The Labute approximate surface area is 115 Å². The smallest absolute Gasteiger partial charge is 0.250 e. The van der Waals surface area contributed by atoms with Gasteiger partial charge in [0.1, 0.15) is 0 Å². The van der Waals surface area contributed by atoms with Gasteiger partial charge in [0, 0.05) is 37.9 Å². The number of pyridine rings is 1. The first kappa shape index (κ1) is 14.3. The van der Waals surface area contributed by atoms with Crippen molar-refractivity contribution < 1.29 is 0 Å². The lowest BCUT2D eigenvalue weighted by atomic mass is 9.87. The van der Waals surface area contributed by atoms with Gasteiger partial charge in [-0.2, -0.15) is 0 Å². The molecule has 1 fully saturated rings. The molecule has 106 valence electrons. The molecule has 0 aromatic carbocycles. The molecule has 1 aromatic rings. The summed E-state index contributed by atoms with van der Waals surface area (Å²) in [4.78, 5) is 14.2. The number of hydrogen-bond acceptors (Lipinski definition) is 3. The average Bonchev–Trinajstić information content (AvgIpc) is 2.45. The standard InChI is InChI=1S/C15H25N3O/c1-2-13-6-5-9-17(14(13)12-16)10-11-18-8-4-3-7-15(18)19/h3-4,7-8,13-14H,2,5-6,9-12,16H2,1H3. The number of rotatable bonds is 5. The second-order valence-electron chi connectivity index (χ2n) is 5.38. The maximum Gasteiger partial charge on any atom is 0.250 e. The summed E-state index contributed by atoms with van der Waals surface area (Å²) < 4.78 is 1.78. The molecular formula is C15H25N3O. The van der Waals surface area contributed by atoms with Crippen LogP contribution in [0, 0.1) is 5.92 Å². The summed E-state index contributed by atoms with van der Waals surface area (Å²) in [5, 5.41) is 0. The van der Waals surface area contributed by atoms with Crippen molar-refractivity contribution in [3.63, 3.8) is 0 Å². The summed E-state index contributed by atoms with van der Waals surface area (Å²) >= 11 is 0. The monoisotopic (exact) mass is 263 g/mol. The molecule has 2 N–H and O–H groups in total. The average molecular weight is 263 g/mol. The van der Waals surface area contributed by atoms with E-state index >= 15 is 0 Å². The molecule has 2 unspecified atom stereocenters. The van der Waals surface area contributed by atoms with Gasteiger partial charge in [-0.05, 0) is 31.4 Å². The van der Waals surface area contributed by atoms with Crippen molar-refractivity contribution in [1.82, 2.24) is 9.47 Å². The Balaban J connectivity index is 1.98. The minimum atomic E-state index is 0.0795. The first-order chi connectivity index (χ1) is 9.26. The molecular weight excluding hydrogens is 238 g/mol. The predicted molar refractivity (Wildman–Crippen MR) is 78.1 cm³/mol. The van der Waals surface area contributed by atoms with E-state index in [1.165, 1.54) is 19.3 Å². The molecule has 4 heteroatoms. The van der Waals surface area contributed by atoms with E-state index in [0.29, 0.717) is 12.0 Å². The molecule has 0 aliphatic carbocycles. The zero-order valence-corrected chi connectivity index (χ0v) is 11.8. The number of aromatic nitrogens is 1. The van der Waals surface area contributed by atoms with Gasteiger partial charge in [0.2, 0.25) is 0 Å². The molecule has 4 nitrogen and oxygen atoms in total. The highest BCUT2D eigenvalue weighted by Crippen LogP contribution is 2.25. The third-order valence-electron chi connectivity index (χ3n) is 4.33. The fourth-order valence-electron chi connectivity index (χ4n) is 3.19. The van der Waals surface area contributed by atoms with Gasteiger partial charge in [0.05, 0.1) is 0 Å². The summed E-state index contributed by atoms with van der Waals surface area (Å²) in [6.07, 6.45) is 5.60. The summed E-state index contributed by atoms with van der Waals surface area (Å²) in [7, 11) is 0. The number of hydrogen-bond donors (Lipinski definition) is 1. The van der Waals surface area contributed by atoms with Crippen molar-refractivity contribution in [2.75, 3.05) is 19.6 Å². The number of piperidine rings is 1. The van der Waals surface area contributed by atoms with E-state index in [4.69, 9.17) is 5.73 Å².